The van der Waals surface area contributed by atoms with Gasteiger partial charge in [-0.2, -0.15) is 0 Å². The molecule has 3 nitrogen and oxygen atoms in total. The van der Waals surface area contributed by atoms with Crippen LogP contribution in [0.4, 0.5) is 0 Å². The first-order valence-corrected chi connectivity index (χ1v) is 10.1. The third-order valence-electron chi connectivity index (χ3n) is 4.72. The molecule has 0 fully saturated rings. The number of esters is 1. The number of rotatable bonds is 7. The van der Waals surface area contributed by atoms with Gasteiger partial charge < -0.3 is 9.47 Å². The predicted octanol–water partition coefficient (Wildman–Crippen LogP) is 6.55. The van der Waals surface area contributed by atoms with Gasteiger partial charge in [0.15, 0.2) is 0 Å². The zero-order valence-electron chi connectivity index (χ0n) is 17.0. The van der Waals surface area contributed by atoms with E-state index in [1.807, 2.05) is 97.1 Å². The van der Waals surface area contributed by atoms with E-state index >= 15 is 0 Å². The van der Waals surface area contributed by atoms with Crippen LogP contribution < -0.4 is 9.47 Å². The summed E-state index contributed by atoms with van der Waals surface area (Å²) < 4.78 is 11.2. The van der Waals surface area contributed by atoms with Gasteiger partial charge in [0.1, 0.15) is 18.1 Å². The van der Waals surface area contributed by atoms with Gasteiger partial charge >= 0.3 is 5.97 Å². The lowest BCUT2D eigenvalue weighted by molar-refractivity contribution is -0.128. The van der Waals surface area contributed by atoms with Crippen LogP contribution in [-0.2, 0) is 11.4 Å². The zero-order chi connectivity index (χ0) is 21.3. The molecule has 0 heterocycles. The fourth-order valence-corrected chi connectivity index (χ4v) is 3.08. The third-order valence-corrected chi connectivity index (χ3v) is 4.72. The first-order valence-electron chi connectivity index (χ1n) is 10.1. The molecule has 0 spiro atoms. The molecule has 0 saturated carbocycles. The van der Waals surface area contributed by atoms with Crippen molar-refractivity contribution < 1.29 is 14.3 Å². The average Bonchev–Trinajstić information content (AvgIpc) is 2.84. The van der Waals surface area contributed by atoms with E-state index < -0.39 is 5.97 Å². The lowest BCUT2D eigenvalue weighted by Crippen LogP contribution is -2.03. The van der Waals surface area contributed by atoms with Crippen molar-refractivity contribution in [3.05, 3.63) is 126 Å². The Labute approximate surface area is 182 Å². The summed E-state index contributed by atoms with van der Waals surface area (Å²) in [5, 5.41) is 0. The quantitative estimate of drug-likeness (QED) is 0.198. The van der Waals surface area contributed by atoms with E-state index in [-0.39, 0.29) is 0 Å². The largest absolute Gasteiger partial charge is 0.489 e. The van der Waals surface area contributed by atoms with Crippen molar-refractivity contribution in [2.24, 2.45) is 0 Å². The maximum absolute atomic E-state index is 12.1. The second-order valence-corrected chi connectivity index (χ2v) is 6.99. The topological polar surface area (TPSA) is 35.5 Å². The Balaban J connectivity index is 1.29. The van der Waals surface area contributed by atoms with E-state index in [1.165, 1.54) is 6.08 Å². The number of carbonyl (C=O) groups is 1. The standard InChI is InChI=1S/C28H22O3/c29-28(31-27-18-14-25(15-19-27)24-9-5-2-6-10-24)20-13-22-11-16-26(17-12-22)30-21-23-7-3-1-4-8-23/h1-20H,21H2/b20-13+. The first-order chi connectivity index (χ1) is 15.3. The molecule has 31 heavy (non-hydrogen) atoms. The summed E-state index contributed by atoms with van der Waals surface area (Å²) in [7, 11) is 0. The highest BCUT2D eigenvalue weighted by Crippen LogP contribution is 2.22. The summed E-state index contributed by atoms with van der Waals surface area (Å²) in [6, 6.07) is 35.1. The molecule has 3 heteroatoms. The average molecular weight is 406 g/mol. The molecule has 0 amide bonds. The molecule has 4 aromatic carbocycles. The van der Waals surface area contributed by atoms with Crippen molar-refractivity contribution in [3.8, 4) is 22.6 Å². The maximum atomic E-state index is 12.1. The normalized spacial score (nSPS) is 10.7. The molecule has 0 bridgehead atoms. The molecule has 0 N–H and O–H groups in total. The number of hydrogen-bond donors (Lipinski definition) is 0. The van der Waals surface area contributed by atoms with E-state index in [0.29, 0.717) is 12.4 Å². The maximum Gasteiger partial charge on any atom is 0.336 e. The van der Waals surface area contributed by atoms with Crippen LogP contribution in [0, 0.1) is 0 Å². The van der Waals surface area contributed by atoms with Crippen molar-refractivity contribution in [2.45, 2.75) is 6.61 Å². The van der Waals surface area contributed by atoms with Gasteiger partial charge in [-0.15, -0.1) is 0 Å². The first kappa shape index (κ1) is 20.2. The molecular weight excluding hydrogens is 384 g/mol. The van der Waals surface area contributed by atoms with Crippen molar-refractivity contribution in [1.82, 2.24) is 0 Å². The molecule has 0 aromatic heterocycles. The molecule has 4 aromatic rings. The van der Waals surface area contributed by atoms with E-state index in [2.05, 4.69) is 0 Å². The fraction of sp³-hybridized carbons (Fsp3) is 0.0357. The van der Waals surface area contributed by atoms with Gasteiger partial charge in [-0.3, -0.25) is 0 Å². The SMILES string of the molecule is O=C(/C=C/c1ccc(OCc2ccccc2)cc1)Oc1ccc(-c2ccccc2)cc1. The molecule has 0 saturated heterocycles. The molecule has 0 atom stereocenters. The van der Waals surface area contributed by atoms with Gasteiger partial charge in [0.2, 0.25) is 0 Å². The lowest BCUT2D eigenvalue weighted by Gasteiger charge is -2.06. The Morgan fingerprint density at radius 3 is 1.90 bits per heavy atom. The van der Waals surface area contributed by atoms with Crippen LogP contribution in [0.1, 0.15) is 11.1 Å². The number of ether oxygens (including phenoxy) is 2. The summed E-state index contributed by atoms with van der Waals surface area (Å²) >= 11 is 0. The highest BCUT2D eigenvalue weighted by Gasteiger charge is 2.02. The van der Waals surface area contributed by atoms with Crippen molar-refractivity contribution in [2.75, 3.05) is 0 Å². The van der Waals surface area contributed by atoms with Crippen LogP contribution in [0.5, 0.6) is 11.5 Å². The van der Waals surface area contributed by atoms with Gasteiger partial charge in [-0.25, -0.2) is 4.79 Å². The van der Waals surface area contributed by atoms with Gasteiger partial charge in [0, 0.05) is 6.08 Å². The third kappa shape index (κ3) is 5.94. The van der Waals surface area contributed by atoms with E-state index in [9.17, 15) is 4.79 Å². The van der Waals surface area contributed by atoms with E-state index in [0.717, 1.165) is 28.0 Å². The van der Waals surface area contributed by atoms with Gasteiger partial charge in [0.25, 0.3) is 0 Å². The highest BCUT2D eigenvalue weighted by molar-refractivity contribution is 5.88. The molecule has 0 aliphatic carbocycles. The second kappa shape index (κ2) is 10.1. The van der Waals surface area contributed by atoms with E-state index in [1.54, 1.807) is 18.2 Å². The number of hydrogen-bond acceptors (Lipinski definition) is 3. The Hall–Kier alpha value is -4.11. The smallest absolute Gasteiger partial charge is 0.336 e. The van der Waals surface area contributed by atoms with Crippen LogP contribution in [0.2, 0.25) is 0 Å². The minimum absolute atomic E-state index is 0.420. The van der Waals surface area contributed by atoms with Crippen LogP contribution in [0.3, 0.4) is 0 Å². The summed E-state index contributed by atoms with van der Waals surface area (Å²) in [6.07, 6.45) is 3.15. The van der Waals surface area contributed by atoms with Crippen LogP contribution in [-0.4, -0.2) is 5.97 Å². The van der Waals surface area contributed by atoms with Crippen LogP contribution >= 0.6 is 0 Å². The van der Waals surface area contributed by atoms with Crippen molar-refractivity contribution in [1.29, 1.82) is 0 Å². The molecular formula is C28H22O3. The van der Waals surface area contributed by atoms with Crippen LogP contribution in [0.15, 0.2) is 115 Å². The Morgan fingerprint density at radius 1 is 0.645 bits per heavy atom. The molecule has 0 radical (unpaired) electrons. The Kier molecular flexibility index (Phi) is 6.56. The van der Waals surface area contributed by atoms with Crippen LogP contribution in [0.25, 0.3) is 17.2 Å². The minimum Gasteiger partial charge on any atom is -0.489 e. The Bertz CT molecular complexity index is 1130. The second-order valence-electron chi connectivity index (χ2n) is 6.99. The monoisotopic (exact) mass is 406 g/mol. The highest BCUT2D eigenvalue weighted by atomic mass is 16.5. The predicted molar refractivity (Wildman–Crippen MR) is 124 cm³/mol. The fourth-order valence-electron chi connectivity index (χ4n) is 3.08. The van der Waals surface area contributed by atoms with Gasteiger partial charge in [0.05, 0.1) is 0 Å². The molecule has 0 aliphatic rings. The molecule has 4 rings (SSSR count). The molecule has 0 unspecified atom stereocenters. The molecule has 0 aliphatic heterocycles. The Morgan fingerprint density at radius 2 is 1.23 bits per heavy atom. The zero-order valence-corrected chi connectivity index (χ0v) is 17.0. The lowest BCUT2D eigenvalue weighted by atomic mass is 10.1. The van der Waals surface area contributed by atoms with Gasteiger partial charge in [-0.05, 0) is 52.6 Å². The number of benzene rings is 4. The van der Waals surface area contributed by atoms with E-state index in [4.69, 9.17) is 9.47 Å². The molecule has 152 valence electrons. The summed E-state index contributed by atoms with van der Waals surface area (Å²) in [4.78, 5) is 12.1. The minimum atomic E-state index is -0.420. The van der Waals surface area contributed by atoms with Gasteiger partial charge in [-0.1, -0.05) is 84.9 Å². The summed E-state index contributed by atoms with van der Waals surface area (Å²) in [5.41, 5.74) is 4.21. The summed E-state index contributed by atoms with van der Waals surface area (Å²) in [5.74, 6) is 0.873. The number of carbonyl (C=O) groups excluding carboxylic acids is 1. The van der Waals surface area contributed by atoms with Crippen molar-refractivity contribution in [3.63, 3.8) is 0 Å². The van der Waals surface area contributed by atoms with Crippen molar-refractivity contribution >= 4 is 12.0 Å². The summed E-state index contributed by atoms with van der Waals surface area (Å²) in [6.45, 7) is 0.519.